The number of aliphatic carboxylic acids is 1. The van der Waals surface area contributed by atoms with Gasteiger partial charge in [0.1, 0.15) is 5.75 Å². The average molecular weight is 315 g/mol. The Hall–Kier alpha value is -1.60. The van der Waals surface area contributed by atoms with Crippen molar-refractivity contribution in [2.75, 3.05) is 13.7 Å². The number of carbonyl (C=O) groups is 1. The minimum atomic E-state index is -3.64. The Morgan fingerprint density at radius 1 is 1.29 bits per heavy atom. The molecule has 0 fully saturated rings. The number of rotatable bonds is 8. The Balaban J connectivity index is 2.95. The molecule has 0 bridgehead atoms. The van der Waals surface area contributed by atoms with E-state index < -0.39 is 16.0 Å². The number of carboxylic acid groups (broad SMARTS) is 1. The molecule has 0 heterocycles. The summed E-state index contributed by atoms with van der Waals surface area (Å²) in [6.45, 7) is 3.71. The van der Waals surface area contributed by atoms with E-state index in [1.165, 1.54) is 23.5 Å². The third-order valence-electron chi connectivity index (χ3n) is 3.01. The molecule has 21 heavy (non-hydrogen) atoms. The first-order valence-corrected chi connectivity index (χ1v) is 8.10. The lowest BCUT2D eigenvalue weighted by molar-refractivity contribution is -0.137. The first-order chi connectivity index (χ1) is 9.78. The van der Waals surface area contributed by atoms with Crippen LogP contribution in [0.15, 0.2) is 29.2 Å². The lowest BCUT2D eigenvalue weighted by atomic mass is 10.3. The molecule has 0 saturated heterocycles. The molecule has 0 saturated carbocycles. The van der Waals surface area contributed by atoms with Gasteiger partial charge in [-0.2, -0.15) is 4.31 Å². The molecule has 1 aromatic carbocycles. The van der Waals surface area contributed by atoms with Gasteiger partial charge in [0.05, 0.1) is 12.0 Å². The van der Waals surface area contributed by atoms with Gasteiger partial charge in [-0.1, -0.05) is 0 Å². The molecule has 0 aromatic heterocycles. The van der Waals surface area contributed by atoms with Crippen LogP contribution in [0.3, 0.4) is 0 Å². The van der Waals surface area contributed by atoms with Crippen molar-refractivity contribution in [2.45, 2.75) is 37.6 Å². The van der Waals surface area contributed by atoms with Crippen molar-refractivity contribution in [2.24, 2.45) is 0 Å². The van der Waals surface area contributed by atoms with E-state index in [-0.39, 0.29) is 30.3 Å². The van der Waals surface area contributed by atoms with Crippen molar-refractivity contribution < 1.29 is 23.1 Å². The fourth-order valence-corrected chi connectivity index (χ4v) is 3.60. The van der Waals surface area contributed by atoms with Crippen LogP contribution in [-0.4, -0.2) is 43.5 Å². The van der Waals surface area contributed by atoms with E-state index in [0.29, 0.717) is 5.75 Å². The largest absolute Gasteiger partial charge is 0.497 e. The summed E-state index contributed by atoms with van der Waals surface area (Å²) in [6, 6.07) is 5.90. The summed E-state index contributed by atoms with van der Waals surface area (Å²) >= 11 is 0. The predicted octanol–water partition coefficient (Wildman–Crippen LogP) is 1.96. The molecule has 0 amide bonds. The summed E-state index contributed by atoms with van der Waals surface area (Å²) in [5.41, 5.74) is 0. The van der Waals surface area contributed by atoms with Gasteiger partial charge in [0, 0.05) is 19.0 Å². The molecule has 0 aliphatic carbocycles. The van der Waals surface area contributed by atoms with Gasteiger partial charge in [-0.15, -0.1) is 0 Å². The van der Waals surface area contributed by atoms with Gasteiger partial charge in [-0.05, 0) is 44.5 Å². The van der Waals surface area contributed by atoms with Gasteiger partial charge in [0.25, 0.3) is 0 Å². The van der Waals surface area contributed by atoms with Crippen LogP contribution in [0, 0.1) is 0 Å². The second-order valence-electron chi connectivity index (χ2n) is 4.88. The average Bonchev–Trinajstić information content (AvgIpc) is 2.42. The highest BCUT2D eigenvalue weighted by molar-refractivity contribution is 7.89. The topological polar surface area (TPSA) is 83.9 Å². The molecule has 0 unspecified atom stereocenters. The Labute approximate surface area is 125 Å². The number of hydrogen-bond acceptors (Lipinski definition) is 4. The van der Waals surface area contributed by atoms with E-state index in [4.69, 9.17) is 9.84 Å². The van der Waals surface area contributed by atoms with E-state index in [2.05, 4.69) is 0 Å². The van der Waals surface area contributed by atoms with E-state index in [1.807, 2.05) is 0 Å². The fourth-order valence-electron chi connectivity index (χ4n) is 1.93. The molecule has 0 aliphatic rings. The van der Waals surface area contributed by atoms with Crippen molar-refractivity contribution >= 4 is 16.0 Å². The van der Waals surface area contributed by atoms with Crippen LogP contribution in [0.1, 0.15) is 26.7 Å². The number of ether oxygens (including phenoxy) is 1. The molecule has 0 aliphatic heterocycles. The quantitative estimate of drug-likeness (QED) is 0.793. The van der Waals surface area contributed by atoms with E-state index in [9.17, 15) is 13.2 Å². The summed E-state index contributed by atoms with van der Waals surface area (Å²) in [5, 5.41) is 8.66. The van der Waals surface area contributed by atoms with Crippen molar-refractivity contribution in [3.05, 3.63) is 24.3 Å². The van der Waals surface area contributed by atoms with Crippen LogP contribution in [0.4, 0.5) is 0 Å². The van der Waals surface area contributed by atoms with Gasteiger partial charge in [-0.3, -0.25) is 4.79 Å². The van der Waals surface area contributed by atoms with Crippen LogP contribution in [0.2, 0.25) is 0 Å². The van der Waals surface area contributed by atoms with Crippen molar-refractivity contribution in [1.82, 2.24) is 4.31 Å². The standard InChI is InChI=1S/C14H21NO5S/c1-11(2)15(10-4-5-14(16)17)21(18,19)13-8-6-12(20-3)7-9-13/h6-9,11H,4-5,10H2,1-3H3,(H,16,17). The zero-order valence-electron chi connectivity index (χ0n) is 12.4. The maximum absolute atomic E-state index is 12.6. The highest BCUT2D eigenvalue weighted by atomic mass is 32.2. The molecule has 1 rings (SSSR count). The monoisotopic (exact) mass is 315 g/mol. The summed E-state index contributed by atoms with van der Waals surface area (Å²) in [7, 11) is -2.13. The number of methoxy groups -OCH3 is 1. The number of sulfonamides is 1. The SMILES string of the molecule is COc1ccc(S(=O)(=O)N(CCCC(=O)O)C(C)C)cc1. The smallest absolute Gasteiger partial charge is 0.303 e. The molecule has 0 spiro atoms. The van der Waals surface area contributed by atoms with Crippen molar-refractivity contribution in [3.8, 4) is 5.75 Å². The highest BCUT2D eigenvalue weighted by Gasteiger charge is 2.26. The van der Waals surface area contributed by atoms with Crippen LogP contribution in [0.5, 0.6) is 5.75 Å². The van der Waals surface area contributed by atoms with Gasteiger partial charge >= 0.3 is 5.97 Å². The highest BCUT2D eigenvalue weighted by Crippen LogP contribution is 2.21. The van der Waals surface area contributed by atoms with E-state index in [0.717, 1.165) is 0 Å². The van der Waals surface area contributed by atoms with Crippen molar-refractivity contribution in [3.63, 3.8) is 0 Å². The molecule has 1 N–H and O–H groups in total. The second kappa shape index (κ2) is 7.42. The Morgan fingerprint density at radius 3 is 2.29 bits per heavy atom. The third-order valence-corrected chi connectivity index (χ3v) is 5.10. The lowest BCUT2D eigenvalue weighted by Gasteiger charge is -2.25. The second-order valence-corrected chi connectivity index (χ2v) is 6.77. The lowest BCUT2D eigenvalue weighted by Crippen LogP contribution is -2.37. The summed E-state index contributed by atoms with van der Waals surface area (Å²) in [5.74, 6) is -0.350. The molecule has 0 radical (unpaired) electrons. The van der Waals surface area contributed by atoms with E-state index in [1.54, 1.807) is 26.0 Å². The van der Waals surface area contributed by atoms with E-state index >= 15 is 0 Å². The number of hydrogen-bond donors (Lipinski definition) is 1. The molecular weight excluding hydrogens is 294 g/mol. The molecular formula is C14H21NO5S. The Bertz CT molecular complexity index is 566. The normalized spacial score (nSPS) is 11.9. The first kappa shape index (κ1) is 17.5. The number of carboxylic acids is 1. The maximum Gasteiger partial charge on any atom is 0.303 e. The van der Waals surface area contributed by atoms with Crippen LogP contribution >= 0.6 is 0 Å². The number of benzene rings is 1. The fraction of sp³-hybridized carbons (Fsp3) is 0.500. The Kier molecular flexibility index (Phi) is 6.17. The molecule has 0 atom stereocenters. The Morgan fingerprint density at radius 2 is 1.86 bits per heavy atom. The maximum atomic E-state index is 12.6. The van der Waals surface area contributed by atoms with Gasteiger partial charge in [-0.25, -0.2) is 8.42 Å². The van der Waals surface area contributed by atoms with Gasteiger partial charge in [0.15, 0.2) is 0 Å². The molecule has 7 heteroatoms. The first-order valence-electron chi connectivity index (χ1n) is 6.66. The summed E-state index contributed by atoms with van der Waals surface area (Å²) in [4.78, 5) is 10.7. The van der Waals surface area contributed by atoms with Crippen LogP contribution in [0.25, 0.3) is 0 Å². The molecule has 118 valence electrons. The van der Waals surface area contributed by atoms with Gasteiger partial charge in [0.2, 0.25) is 10.0 Å². The minimum Gasteiger partial charge on any atom is -0.497 e. The zero-order chi connectivity index (χ0) is 16.0. The summed E-state index contributed by atoms with van der Waals surface area (Å²) in [6.07, 6.45) is 0.226. The number of nitrogens with zero attached hydrogens (tertiary/aromatic N) is 1. The zero-order valence-corrected chi connectivity index (χ0v) is 13.3. The van der Waals surface area contributed by atoms with Crippen LogP contribution in [-0.2, 0) is 14.8 Å². The predicted molar refractivity (Wildman–Crippen MR) is 78.9 cm³/mol. The van der Waals surface area contributed by atoms with Crippen LogP contribution < -0.4 is 4.74 Å². The molecule has 1 aromatic rings. The summed E-state index contributed by atoms with van der Waals surface area (Å²) < 4.78 is 31.5. The minimum absolute atomic E-state index is 0.0542. The molecule has 6 nitrogen and oxygen atoms in total. The van der Waals surface area contributed by atoms with Crippen molar-refractivity contribution in [1.29, 1.82) is 0 Å². The van der Waals surface area contributed by atoms with Gasteiger partial charge < -0.3 is 9.84 Å². The third kappa shape index (κ3) is 4.71.